The molecule has 11 aromatic rings. The van der Waals surface area contributed by atoms with Gasteiger partial charge in [-0.25, -0.2) is 0 Å². The molecule has 56 heavy (non-hydrogen) atoms. The number of benzene rings is 11. The Balaban J connectivity index is 1.21. The molecule has 0 amide bonds. The minimum Gasteiger partial charge on any atom is -0.0616 e. The van der Waals surface area contributed by atoms with Gasteiger partial charge in [-0.3, -0.25) is 0 Å². The first-order valence-corrected chi connectivity index (χ1v) is 19.4. The van der Waals surface area contributed by atoms with E-state index in [1.165, 1.54) is 109 Å². The third-order valence-corrected chi connectivity index (χ3v) is 11.6. The molecule has 0 aliphatic rings. The normalized spacial score (nSPS) is 11.6. The lowest BCUT2D eigenvalue weighted by molar-refractivity contribution is 1.61. The van der Waals surface area contributed by atoms with Gasteiger partial charge in [0, 0.05) is 0 Å². The first-order valence-electron chi connectivity index (χ1n) is 19.4. The van der Waals surface area contributed by atoms with E-state index < -0.39 is 0 Å². The number of fused-ring (bicyclic) bond motifs is 5. The van der Waals surface area contributed by atoms with Crippen molar-refractivity contribution in [1.82, 2.24) is 0 Å². The Morgan fingerprint density at radius 2 is 0.661 bits per heavy atom. The molecule has 0 nitrogen and oxygen atoms in total. The van der Waals surface area contributed by atoms with Crippen LogP contribution in [0, 0.1) is 0 Å². The summed E-state index contributed by atoms with van der Waals surface area (Å²) in [5.41, 5.74) is 12.3. The zero-order chi connectivity index (χ0) is 37.0. The van der Waals surface area contributed by atoms with Gasteiger partial charge in [0.25, 0.3) is 0 Å². The number of rotatable bonds is 5. The second-order valence-corrected chi connectivity index (χ2v) is 14.8. The highest BCUT2D eigenvalue weighted by Gasteiger charge is 2.20. The fourth-order valence-corrected chi connectivity index (χ4v) is 9.04. The molecule has 260 valence electrons. The van der Waals surface area contributed by atoms with Crippen molar-refractivity contribution >= 4 is 53.9 Å². The van der Waals surface area contributed by atoms with Crippen LogP contribution in [0.25, 0.3) is 109 Å². The van der Waals surface area contributed by atoms with Crippen molar-refractivity contribution < 1.29 is 0 Å². The lowest BCUT2D eigenvalue weighted by Crippen LogP contribution is -1.93. The third-order valence-electron chi connectivity index (χ3n) is 11.6. The average molecular weight is 709 g/mol. The smallest absolute Gasteiger partial charge is 0.00201 e. The van der Waals surface area contributed by atoms with Crippen LogP contribution in [0.5, 0.6) is 0 Å². The van der Waals surface area contributed by atoms with Crippen LogP contribution in [-0.2, 0) is 0 Å². The van der Waals surface area contributed by atoms with E-state index >= 15 is 0 Å². The fourth-order valence-electron chi connectivity index (χ4n) is 9.04. The van der Waals surface area contributed by atoms with E-state index in [2.05, 4.69) is 218 Å². The summed E-state index contributed by atoms with van der Waals surface area (Å²) in [7, 11) is 0. The van der Waals surface area contributed by atoms with Gasteiger partial charge in [-0.1, -0.05) is 200 Å². The Kier molecular flexibility index (Phi) is 7.60. The molecule has 0 N–H and O–H groups in total. The van der Waals surface area contributed by atoms with Crippen LogP contribution >= 0.6 is 0 Å². The van der Waals surface area contributed by atoms with E-state index in [0.29, 0.717) is 0 Å². The maximum atomic E-state index is 2.46. The quantitative estimate of drug-likeness (QED) is 0.156. The minimum absolute atomic E-state index is 1.20. The topological polar surface area (TPSA) is 0 Å². The van der Waals surface area contributed by atoms with E-state index in [9.17, 15) is 0 Å². The zero-order valence-electron chi connectivity index (χ0n) is 30.8. The van der Waals surface area contributed by atoms with E-state index in [-0.39, 0.29) is 0 Å². The van der Waals surface area contributed by atoms with Crippen molar-refractivity contribution in [1.29, 1.82) is 0 Å². The molecule has 11 aromatic carbocycles. The van der Waals surface area contributed by atoms with E-state index in [1.807, 2.05) is 0 Å². The average Bonchev–Trinajstić information content (AvgIpc) is 3.27. The van der Waals surface area contributed by atoms with Crippen molar-refractivity contribution in [2.45, 2.75) is 0 Å². The van der Waals surface area contributed by atoms with Gasteiger partial charge in [0.1, 0.15) is 0 Å². The molecule has 0 saturated heterocycles. The Bertz CT molecular complexity index is 3300. The largest absolute Gasteiger partial charge is 0.0616 e. The van der Waals surface area contributed by atoms with Gasteiger partial charge >= 0.3 is 0 Å². The van der Waals surface area contributed by atoms with Gasteiger partial charge in [0.2, 0.25) is 0 Å². The molecule has 11 rings (SSSR count). The first-order chi connectivity index (χ1) is 27.8. The Morgan fingerprint density at radius 1 is 0.179 bits per heavy atom. The fraction of sp³-hybridized carbons (Fsp3) is 0. The second-order valence-electron chi connectivity index (χ2n) is 14.8. The number of hydrogen-bond acceptors (Lipinski definition) is 0. The molecule has 0 heteroatoms. The molecular formula is C56H36. The molecule has 0 aliphatic heterocycles. The highest BCUT2D eigenvalue weighted by molar-refractivity contribution is 6.24. The molecule has 0 aliphatic carbocycles. The molecule has 0 fully saturated rings. The van der Waals surface area contributed by atoms with Crippen LogP contribution in [0.15, 0.2) is 218 Å². The standard InChI is InChI=1S/C56H36/c1-2-17-40-34-42(31-30-37(40)14-1)41-20-11-21-44(35-41)55-51-26-9-10-27-52(51)56(50-29-13-19-39-16-4-6-23-46(39)50)53-33-32-43(36-54(53)55)47-24-7-8-25-48(47)49-28-12-18-38-15-3-5-22-45(38)49/h1-36H. The SMILES string of the molecule is c1cc(-c2ccc3ccccc3c2)cc(-c2c3ccccc3c(-c3cccc4ccccc34)c3ccc(-c4ccccc4-c4cccc5ccccc45)cc23)c1. The van der Waals surface area contributed by atoms with Crippen LogP contribution in [0.2, 0.25) is 0 Å². The van der Waals surface area contributed by atoms with Crippen LogP contribution < -0.4 is 0 Å². The highest BCUT2D eigenvalue weighted by atomic mass is 14.2. The molecule has 0 heterocycles. The summed E-state index contributed by atoms with van der Waals surface area (Å²) in [6.45, 7) is 0. The van der Waals surface area contributed by atoms with Gasteiger partial charge in [0.15, 0.2) is 0 Å². The summed E-state index contributed by atoms with van der Waals surface area (Å²) in [6, 6.07) is 80.5. The molecule has 0 saturated carbocycles. The number of hydrogen-bond donors (Lipinski definition) is 0. The monoisotopic (exact) mass is 708 g/mol. The summed E-state index contributed by atoms with van der Waals surface area (Å²) >= 11 is 0. The summed E-state index contributed by atoms with van der Waals surface area (Å²) < 4.78 is 0. The molecular weight excluding hydrogens is 673 g/mol. The maximum Gasteiger partial charge on any atom is -0.00201 e. The molecule has 0 radical (unpaired) electrons. The van der Waals surface area contributed by atoms with E-state index in [1.54, 1.807) is 0 Å². The van der Waals surface area contributed by atoms with E-state index in [4.69, 9.17) is 0 Å². The van der Waals surface area contributed by atoms with Gasteiger partial charge in [0.05, 0.1) is 0 Å². The summed E-state index contributed by atoms with van der Waals surface area (Å²) in [6.07, 6.45) is 0. The van der Waals surface area contributed by atoms with Crippen molar-refractivity contribution in [2.75, 3.05) is 0 Å². The zero-order valence-corrected chi connectivity index (χ0v) is 30.8. The Labute approximate surface area is 326 Å². The van der Waals surface area contributed by atoms with Gasteiger partial charge in [-0.15, -0.1) is 0 Å². The summed E-state index contributed by atoms with van der Waals surface area (Å²) in [5.74, 6) is 0. The maximum absolute atomic E-state index is 2.46. The van der Waals surface area contributed by atoms with E-state index in [0.717, 1.165) is 0 Å². The van der Waals surface area contributed by atoms with Crippen molar-refractivity contribution in [2.24, 2.45) is 0 Å². The van der Waals surface area contributed by atoms with Crippen LogP contribution in [0.3, 0.4) is 0 Å². The Morgan fingerprint density at radius 3 is 1.43 bits per heavy atom. The third kappa shape index (κ3) is 5.30. The molecule has 0 bridgehead atoms. The van der Waals surface area contributed by atoms with Crippen molar-refractivity contribution in [3.05, 3.63) is 218 Å². The molecule has 0 atom stereocenters. The van der Waals surface area contributed by atoms with Gasteiger partial charge in [-0.05, 0) is 128 Å². The summed E-state index contributed by atoms with van der Waals surface area (Å²) in [4.78, 5) is 0. The Hall–Kier alpha value is -7.28. The summed E-state index contributed by atoms with van der Waals surface area (Å²) in [5, 5.41) is 12.5. The second kappa shape index (κ2) is 13.2. The predicted octanol–water partition coefficient (Wildman–Crippen LogP) is 15.8. The molecule has 0 aromatic heterocycles. The minimum atomic E-state index is 1.20. The van der Waals surface area contributed by atoms with Crippen LogP contribution in [0.1, 0.15) is 0 Å². The predicted molar refractivity (Wildman–Crippen MR) is 241 cm³/mol. The molecule has 0 unspecified atom stereocenters. The van der Waals surface area contributed by atoms with Crippen molar-refractivity contribution in [3.63, 3.8) is 0 Å². The van der Waals surface area contributed by atoms with Crippen LogP contribution in [0.4, 0.5) is 0 Å². The lowest BCUT2D eigenvalue weighted by Gasteiger charge is -2.20. The van der Waals surface area contributed by atoms with Gasteiger partial charge in [-0.2, -0.15) is 0 Å². The van der Waals surface area contributed by atoms with Crippen molar-refractivity contribution in [3.8, 4) is 55.6 Å². The van der Waals surface area contributed by atoms with Gasteiger partial charge < -0.3 is 0 Å². The molecule has 0 spiro atoms. The first kappa shape index (κ1) is 32.2. The van der Waals surface area contributed by atoms with Crippen LogP contribution in [-0.4, -0.2) is 0 Å². The lowest BCUT2D eigenvalue weighted by atomic mass is 9.83. The highest BCUT2D eigenvalue weighted by Crippen LogP contribution is 2.47.